The van der Waals surface area contributed by atoms with E-state index in [1.165, 1.54) is 0 Å². The van der Waals surface area contributed by atoms with E-state index in [-0.39, 0.29) is 5.54 Å². The maximum Gasteiger partial charge on any atom is 0.0593 e. The van der Waals surface area contributed by atoms with Gasteiger partial charge in [0.25, 0.3) is 0 Å². The summed E-state index contributed by atoms with van der Waals surface area (Å²) >= 11 is 0. The second kappa shape index (κ2) is 8.05. The van der Waals surface area contributed by atoms with Gasteiger partial charge in [0.2, 0.25) is 0 Å². The van der Waals surface area contributed by atoms with Crippen LogP contribution in [0.3, 0.4) is 0 Å². The molecule has 4 nitrogen and oxygen atoms in total. The normalized spacial score (nSPS) is 15.6. The van der Waals surface area contributed by atoms with Crippen LogP contribution in [-0.2, 0) is 9.47 Å². The predicted octanol–water partition coefficient (Wildman–Crippen LogP) is 0.709. The third-order valence-electron chi connectivity index (χ3n) is 2.98. The first kappa shape index (κ1) is 14.8. The third kappa shape index (κ3) is 5.47. The molecule has 1 atom stereocenters. The largest absolute Gasteiger partial charge is 0.385 e. The monoisotopic (exact) mass is 218 g/mol. The molecular weight excluding hydrogens is 192 g/mol. The van der Waals surface area contributed by atoms with E-state index in [2.05, 4.69) is 18.9 Å². The topological polar surface area (TPSA) is 47.7 Å². The summed E-state index contributed by atoms with van der Waals surface area (Å²) in [5.41, 5.74) is 5.82. The Labute approximate surface area is 93.7 Å². The molecule has 0 spiro atoms. The molecule has 0 fully saturated rings. The molecule has 0 rings (SSSR count). The van der Waals surface area contributed by atoms with Gasteiger partial charge in [-0.2, -0.15) is 0 Å². The maximum atomic E-state index is 5.81. The van der Waals surface area contributed by atoms with Gasteiger partial charge in [-0.25, -0.2) is 0 Å². The number of ether oxygens (including phenoxy) is 2. The van der Waals surface area contributed by atoms with Crippen LogP contribution >= 0.6 is 0 Å². The van der Waals surface area contributed by atoms with Crippen LogP contribution in [0, 0.1) is 0 Å². The number of likely N-dealkylation sites (N-methyl/N-ethyl adjacent to an activating group) is 1. The van der Waals surface area contributed by atoms with Gasteiger partial charge in [0.05, 0.1) is 6.61 Å². The van der Waals surface area contributed by atoms with Crippen molar-refractivity contribution in [3.8, 4) is 0 Å². The smallest absolute Gasteiger partial charge is 0.0593 e. The molecule has 0 heterocycles. The molecule has 4 heteroatoms. The summed E-state index contributed by atoms with van der Waals surface area (Å²) in [6.45, 7) is 7.99. The van der Waals surface area contributed by atoms with Crippen LogP contribution in [0.25, 0.3) is 0 Å². The Hall–Kier alpha value is -0.160. The maximum absolute atomic E-state index is 5.81. The van der Waals surface area contributed by atoms with Crippen LogP contribution in [0.15, 0.2) is 0 Å². The Balaban J connectivity index is 3.99. The highest BCUT2D eigenvalue weighted by Gasteiger charge is 2.26. The van der Waals surface area contributed by atoms with E-state index in [4.69, 9.17) is 15.2 Å². The fourth-order valence-electron chi connectivity index (χ4n) is 1.39. The molecule has 0 aromatic carbocycles. The predicted molar refractivity (Wildman–Crippen MR) is 63.1 cm³/mol. The molecule has 0 aliphatic heterocycles. The standard InChI is InChI=1S/C11H26N2O2/c1-5-15-9-7-13(3)11(2,10-12)6-8-14-4/h5-10,12H2,1-4H3. The van der Waals surface area contributed by atoms with Gasteiger partial charge in [0.15, 0.2) is 0 Å². The van der Waals surface area contributed by atoms with Crippen molar-refractivity contribution in [3.63, 3.8) is 0 Å². The van der Waals surface area contributed by atoms with Gasteiger partial charge in [-0.1, -0.05) is 0 Å². The lowest BCUT2D eigenvalue weighted by Gasteiger charge is -2.38. The fraction of sp³-hybridized carbons (Fsp3) is 1.00. The van der Waals surface area contributed by atoms with E-state index in [0.29, 0.717) is 6.54 Å². The van der Waals surface area contributed by atoms with Gasteiger partial charge in [0.1, 0.15) is 0 Å². The lowest BCUT2D eigenvalue weighted by Crippen LogP contribution is -2.51. The number of hydrogen-bond donors (Lipinski definition) is 1. The second-order valence-electron chi connectivity index (χ2n) is 4.06. The summed E-state index contributed by atoms with van der Waals surface area (Å²) in [6, 6.07) is 0. The minimum Gasteiger partial charge on any atom is -0.385 e. The highest BCUT2D eigenvalue weighted by atomic mass is 16.5. The van der Waals surface area contributed by atoms with Crippen LogP contribution in [-0.4, -0.2) is 57.5 Å². The fourth-order valence-corrected chi connectivity index (χ4v) is 1.39. The lowest BCUT2D eigenvalue weighted by molar-refractivity contribution is 0.0547. The van der Waals surface area contributed by atoms with Gasteiger partial charge < -0.3 is 15.2 Å². The first-order chi connectivity index (χ1) is 7.10. The van der Waals surface area contributed by atoms with Crippen LogP contribution in [0.4, 0.5) is 0 Å². The molecule has 2 N–H and O–H groups in total. The van der Waals surface area contributed by atoms with Crippen LogP contribution in [0.5, 0.6) is 0 Å². The van der Waals surface area contributed by atoms with Crippen molar-refractivity contribution in [1.29, 1.82) is 0 Å². The molecule has 0 saturated heterocycles. The Morgan fingerprint density at radius 1 is 1.33 bits per heavy atom. The van der Waals surface area contributed by atoms with Crippen molar-refractivity contribution in [2.45, 2.75) is 25.8 Å². The zero-order chi connectivity index (χ0) is 11.7. The molecule has 92 valence electrons. The SMILES string of the molecule is CCOCCN(C)C(C)(CN)CCOC. The summed E-state index contributed by atoms with van der Waals surface area (Å²) in [7, 11) is 3.80. The number of methoxy groups -OCH3 is 1. The zero-order valence-electron chi connectivity index (χ0n) is 10.6. The Bertz CT molecular complexity index is 156. The number of rotatable bonds is 9. The van der Waals surface area contributed by atoms with Gasteiger partial charge in [-0.15, -0.1) is 0 Å². The molecular formula is C11H26N2O2. The first-order valence-corrected chi connectivity index (χ1v) is 5.58. The Morgan fingerprint density at radius 3 is 2.47 bits per heavy atom. The van der Waals surface area contributed by atoms with E-state index in [9.17, 15) is 0 Å². The van der Waals surface area contributed by atoms with E-state index < -0.39 is 0 Å². The van der Waals surface area contributed by atoms with Crippen molar-refractivity contribution in [2.75, 3.05) is 47.1 Å². The molecule has 15 heavy (non-hydrogen) atoms. The van der Waals surface area contributed by atoms with E-state index >= 15 is 0 Å². The highest BCUT2D eigenvalue weighted by Crippen LogP contribution is 2.16. The van der Waals surface area contributed by atoms with Crippen molar-refractivity contribution in [3.05, 3.63) is 0 Å². The first-order valence-electron chi connectivity index (χ1n) is 5.58. The van der Waals surface area contributed by atoms with Crippen LogP contribution in [0.1, 0.15) is 20.3 Å². The zero-order valence-corrected chi connectivity index (χ0v) is 10.6. The van der Waals surface area contributed by atoms with E-state index in [1.54, 1.807) is 7.11 Å². The minimum absolute atomic E-state index is 0.00705. The van der Waals surface area contributed by atoms with Crippen molar-refractivity contribution in [2.24, 2.45) is 5.73 Å². The van der Waals surface area contributed by atoms with Crippen LogP contribution < -0.4 is 5.73 Å². The molecule has 0 aromatic heterocycles. The summed E-state index contributed by atoms with van der Waals surface area (Å²) in [5.74, 6) is 0. The van der Waals surface area contributed by atoms with E-state index in [1.807, 2.05) is 6.92 Å². The average molecular weight is 218 g/mol. The highest BCUT2D eigenvalue weighted by molar-refractivity contribution is 4.85. The summed E-state index contributed by atoms with van der Waals surface area (Å²) in [5, 5.41) is 0. The molecule has 0 bridgehead atoms. The molecule has 0 aliphatic carbocycles. The number of nitrogens with zero attached hydrogens (tertiary/aromatic N) is 1. The number of hydrogen-bond acceptors (Lipinski definition) is 4. The van der Waals surface area contributed by atoms with Crippen molar-refractivity contribution >= 4 is 0 Å². The van der Waals surface area contributed by atoms with Crippen molar-refractivity contribution < 1.29 is 9.47 Å². The Kier molecular flexibility index (Phi) is 7.96. The van der Waals surface area contributed by atoms with Gasteiger partial charge in [-0.3, -0.25) is 4.90 Å². The molecule has 0 aromatic rings. The van der Waals surface area contributed by atoms with Gasteiger partial charge >= 0.3 is 0 Å². The lowest BCUT2D eigenvalue weighted by atomic mass is 9.96. The number of nitrogens with two attached hydrogens (primary N) is 1. The molecule has 0 saturated carbocycles. The summed E-state index contributed by atoms with van der Waals surface area (Å²) in [6.07, 6.45) is 0.947. The van der Waals surface area contributed by atoms with Gasteiger partial charge in [-0.05, 0) is 27.3 Å². The molecule has 0 aliphatic rings. The Morgan fingerprint density at radius 2 is 2.00 bits per heavy atom. The molecule has 0 radical (unpaired) electrons. The minimum atomic E-state index is 0.00705. The van der Waals surface area contributed by atoms with Gasteiger partial charge in [0, 0.05) is 39.0 Å². The van der Waals surface area contributed by atoms with E-state index in [0.717, 1.165) is 32.8 Å². The molecule has 1 unspecified atom stereocenters. The quantitative estimate of drug-likeness (QED) is 0.579. The van der Waals surface area contributed by atoms with Crippen molar-refractivity contribution in [1.82, 2.24) is 4.90 Å². The third-order valence-corrected chi connectivity index (χ3v) is 2.98. The average Bonchev–Trinajstić information content (AvgIpc) is 2.26. The summed E-state index contributed by atoms with van der Waals surface area (Å²) < 4.78 is 10.4. The molecule has 0 amide bonds. The summed E-state index contributed by atoms with van der Waals surface area (Å²) in [4.78, 5) is 2.25. The van der Waals surface area contributed by atoms with Crippen LogP contribution in [0.2, 0.25) is 0 Å². The second-order valence-corrected chi connectivity index (χ2v) is 4.06.